The lowest BCUT2D eigenvalue weighted by molar-refractivity contribution is 0.0366. The van der Waals surface area contributed by atoms with E-state index in [-0.39, 0.29) is 19.1 Å². The molecule has 0 aliphatic carbocycles. The number of benzene rings is 1. The quantitative estimate of drug-likeness (QED) is 0.866. The van der Waals surface area contributed by atoms with Crippen LogP contribution in [-0.4, -0.2) is 47.8 Å². The van der Waals surface area contributed by atoms with Crippen molar-refractivity contribution in [1.29, 1.82) is 0 Å². The van der Waals surface area contributed by atoms with Gasteiger partial charge in [-0.1, -0.05) is 22.9 Å². The van der Waals surface area contributed by atoms with Crippen molar-refractivity contribution < 1.29 is 15.0 Å². The fraction of sp³-hybridized carbons (Fsp3) is 0.500. The molecule has 0 unspecified atom stereocenters. The largest absolute Gasteiger partial charge is 0.396 e. The van der Waals surface area contributed by atoms with E-state index in [1.807, 2.05) is 19.1 Å². The molecule has 19 heavy (non-hydrogen) atoms. The fourth-order valence-corrected chi connectivity index (χ4v) is 2.04. The van der Waals surface area contributed by atoms with E-state index >= 15 is 0 Å². The van der Waals surface area contributed by atoms with Gasteiger partial charge in [0.15, 0.2) is 0 Å². The number of carbonyl (C=O) groups excluding carboxylic acids is 1. The SMILES string of the molecule is Cc1cc(C(=O)N(C)CC(C)(CO)CO)ccc1Br. The number of nitrogens with zero attached hydrogens (tertiary/aromatic N) is 1. The predicted octanol–water partition coefficient (Wildman–Crippen LogP) is 1.82. The van der Waals surface area contributed by atoms with Crippen molar-refractivity contribution in [3.8, 4) is 0 Å². The number of aliphatic hydroxyl groups is 2. The third kappa shape index (κ3) is 4.03. The molecule has 0 atom stereocenters. The summed E-state index contributed by atoms with van der Waals surface area (Å²) in [6, 6.07) is 5.41. The van der Waals surface area contributed by atoms with Crippen LogP contribution in [0.3, 0.4) is 0 Å². The van der Waals surface area contributed by atoms with E-state index in [2.05, 4.69) is 15.9 Å². The molecule has 1 aromatic rings. The summed E-state index contributed by atoms with van der Waals surface area (Å²) >= 11 is 3.40. The van der Waals surface area contributed by atoms with Crippen LogP contribution in [0.5, 0.6) is 0 Å². The Morgan fingerprint density at radius 2 is 1.95 bits per heavy atom. The van der Waals surface area contributed by atoms with E-state index in [9.17, 15) is 15.0 Å². The van der Waals surface area contributed by atoms with Crippen molar-refractivity contribution in [2.24, 2.45) is 5.41 Å². The maximum Gasteiger partial charge on any atom is 0.253 e. The maximum atomic E-state index is 12.3. The summed E-state index contributed by atoms with van der Waals surface area (Å²) in [5.41, 5.74) is 0.905. The molecule has 0 heterocycles. The van der Waals surface area contributed by atoms with Crippen molar-refractivity contribution in [3.63, 3.8) is 0 Å². The molecule has 1 aromatic carbocycles. The number of hydrogen-bond donors (Lipinski definition) is 2. The normalized spacial score (nSPS) is 11.5. The van der Waals surface area contributed by atoms with Crippen molar-refractivity contribution >= 4 is 21.8 Å². The van der Waals surface area contributed by atoms with Gasteiger partial charge in [-0.25, -0.2) is 0 Å². The van der Waals surface area contributed by atoms with Crippen LogP contribution in [0.4, 0.5) is 0 Å². The molecule has 0 aliphatic heterocycles. The van der Waals surface area contributed by atoms with Crippen LogP contribution in [0.1, 0.15) is 22.8 Å². The van der Waals surface area contributed by atoms with E-state index in [0.717, 1.165) is 10.0 Å². The molecule has 0 saturated carbocycles. The van der Waals surface area contributed by atoms with E-state index in [1.165, 1.54) is 4.90 Å². The van der Waals surface area contributed by atoms with Crippen molar-refractivity contribution in [2.75, 3.05) is 26.8 Å². The number of rotatable bonds is 5. The summed E-state index contributed by atoms with van der Waals surface area (Å²) in [5, 5.41) is 18.5. The minimum atomic E-state index is -0.686. The van der Waals surface area contributed by atoms with E-state index in [1.54, 1.807) is 20.0 Å². The fourth-order valence-electron chi connectivity index (χ4n) is 1.79. The van der Waals surface area contributed by atoms with Crippen LogP contribution >= 0.6 is 15.9 Å². The van der Waals surface area contributed by atoms with Crippen LogP contribution in [-0.2, 0) is 0 Å². The molecule has 1 amide bonds. The second kappa shape index (κ2) is 6.50. The first-order valence-corrected chi connectivity index (χ1v) is 6.85. The summed E-state index contributed by atoms with van der Waals surface area (Å²) in [4.78, 5) is 13.8. The molecule has 1 rings (SSSR count). The third-order valence-corrected chi connectivity index (χ3v) is 4.02. The molecule has 106 valence electrons. The topological polar surface area (TPSA) is 60.8 Å². The van der Waals surface area contributed by atoms with Gasteiger partial charge in [-0.15, -0.1) is 0 Å². The second-order valence-corrected chi connectivity index (χ2v) is 6.11. The second-order valence-electron chi connectivity index (χ2n) is 5.25. The Balaban J connectivity index is 2.85. The average molecular weight is 330 g/mol. The van der Waals surface area contributed by atoms with E-state index < -0.39 is 5.41 Å². The van der Waals surface area contributed by atoms with Gasteiger partial charge in [0.2, 0.25) is 0 Å². The van der Waals surface area contributed by atoms with Crippen LogP contribution in [0.25, 0.3) is 0 Å². The lowest BCUT2D eigenvalue weighted by Gasteiger charge is -2.30. The highest BCUT2D eigenvalue weighted by molar-refractivity contribution is 9.10. The number of amides is 1. The maximum absolute atomic E-state index is 12.3. The number of carbonyl (C=O) groups is 1. The standard InChI is InChI=1S/C14H20BrNO3/c1-10-6-11(4-5-12(10)15)13(19)16(3)7-14(2,8-17)9-18/h4-6,17-18H,7-9H2,1-3H3. The molecule has 0 fully saturated rings. The minimum Gasteiger partial charge on any atom is -0.396 e. The summed E-state index contributed by atoms with van der Waals surface area (Å²) in [6.07, 6.45) is 0. The van der Waals surface area contributed by atoms with Crippen molar-refractivity contribution in [1.82, 2.24) is 4.90 Å². The van der Waals surface area contributed by atoms with E-state index in [4.69, 9.17) is 0 Å². The molecule has 0 spiro atoms. The summed E-state index contributed by atoms with van der Waals surface area (Å²) < 4.78 is 0.960. The molecule has 0 radical (unpaired) electrons. The monoisotopic (exact) mass is 329 g/mol. The Labute approximate surface area is 122 Å². The molecule has 2 N–H and O–H groups in total. The highest BCUT2D eigenvalue weighted by Crippen LogP contribution is 2.20. The Kier molecular flexibility index (Phi) is 5.52. The minimum absolute atomic E-state index is 0.122. The molecule has 5 heteroatoms. The highest BCUT2D eigenvalue weighted by atomic mass is 79.9. The van der Waals surface area contributed by atoms with Crippen LogP contribution in [0.2, 0.25) is 0 Å². The zero-order valence-electron chi connectivity index (χ0n) is 11.5. The summed E-state index contributed by atoms with van der Waals surface area (Å²) in [7, 11) is 1.67. The number of aryl methyl sites for hydroxylation is 1. The van der Waals surface area contributed by atoms with Gasteiger partial charge in [0.1, 0.15) is 0 Å². The molecule has 0 bridgehead atoms. The van der Waals surface area contributed by atoms with Gasteiger partial charge >= 0.3 is 0 Å². The molecule has 0 aromatic heterocycles. The average Bonchev–Trinajstić information content (AvgIpc) is 2.40. The van der Waals surface area contributed by atoms with Crippen LogP contribution < -0.4 is 0 Å². The van der Waals surface area contributed by atoms with Gasteiger partial charge in [0.05, 0.1) is 13.2 Å². The van der Waals surface area contributed by atoms with Gasteiger partial charge in [0, 0.05) is 29.0 Å². The van der Waals surface area contributed by atoms with Crippen LogP contribution in [0, 0.1) is 12.3 Å². The lowest BCUT2D eigenvalue weighted by Crippen LogP contribution is -2.41. The van der Waals surface area contributed by atoms with Crippen molar-refractivity contribution in [3.05, 3.63) is 33.8 Å². The molecule has 0 aliphatic rings. The Morgan fingerprint density at radius 1 is 1.37 bits per heavy atom. The van der Waals surface area contributed by atoms with Gasteiger partial charge in [-0.05, 0) is 30.7 Å². The molecule has 4 nitrogen and oxygen atoms in total. The zero-order valence-corrected chi connectivity index (χ0v) is 13.1. The lowest BCUT2D eigenvalue weighted by atomic mass is 9.92. The first-order valence-electron chi connectivity index (χ1n) is 6.06. The molecular formula is C14H20BrNO3. The van der Waals surface area contributed by atoms with Gasteiger partial charge in [-0.2, -0.15) is 0 Å². The Bertz CT molecular complexity index is 458. The van der Waals surface area contributed by atoms with Gasteiger partial charge in [-0.3, -0.25) is 4.79 Å². The first kappa shape index (κ1) is 16.1. The van der Waals surface area contributed by atoms with E-state index in [0.29, 0.717) is 12.1 Å². The summed E-state index contributed by atoms with van der Waals surface area (Å²) in [6.45, 7) is 3.63. The smallest absolute Gasteiger partial charge is 0.253 e. The third-order valence-electron chi connectivity index (χ3n) is 3.13. The number of hydrogen-bond acceptors (Lipinski definition) is 3. The van der Waals surface area contributed by atoms with Crippen LogP contribution in [0.15, 0.2) is 22.7 Å². The number of aliphatic hydroxyl groups excluding tert-OH is 2. The van der Waals surface area contributed by atoms with Gasteiger partial charge < -0.3 is 15.1 Å². The highest BCUT2D eigenvalue weighted by Gasteiger charge is 2.26. The summed E-state index contributed by atoms with van der Waals surface area (Å²) in [5.74, 6) is -0.122. The predicted molar refractivity (Wildman–Crippen MR) is 78.1 cm³/mol. The van der Waals surface area contributed by atoms with Crippen molar-refractivity contribution in [2.45, 2.75) is 13.8 Å². The zero-order chi connectivity index (χ0) is 14.6. The Hall–Kier alpha value is -0.910. The first-order chi connectivity index (χ1) is 8.83. The molecular weight excluding hydrogens is 310 g/mol. The van der Waals surface area contributed by atoms with Gasteiger partial charge in [0.25, 0.3) is 5.91 Å². The Morgan fingerprint density at radius 3 is 2.42 bits per heavy atom. The molecule has 0 saturated heterocycles. The number of halogens is 1.